The molecule has 146 valence electrons. The van der Waals surface area contributed by atoms with Crippen molar-refractivity contribution < 1.29 is 24.2 Å². The molecule has 2 N–H and O–H groups in total. The first-order chi connectivity index (χ1) is 13.1. The summed E-state index contributed by atoms with van der Waals surface area (Å²) in [4.78, 5) is 38.1. The summed E-state index contributed by atoms with van der Waals surface area (Å²) in [5.41, 5.74) is 1.76. The lowest BCUT2D eigenvalue weighted by Crippen LogP contribution is -2.54. The van der Waals surface area contributed by atoms with E-state index in [-0.39, 0.29) is 29.7 Å². The molecule has 1 aliphatic rings. The van der Waals surface area contributed by atoms with E-state index in [1.807, 2.05) is 32.0 Å². The molecule has 0 fully saturated rings. The highest BCUT2D eigenvalue weighted by molar-refractivity contribution is 6.08. The Hall–Kier alpha value is -3.35. The average Bonchev–Trinajstić information content (AvgIpc) is 2.61. The molecule has 2 amide bonds. The van der Waals surface area contributed by atoms with Gasteiger partial charge < -0.3 is 15.2 Å². The molecule has 0 saturated carbocycles. The number of carboxylic acids is 1. The lowest BCUT2D eigenvalue weighted by molar-refractivity contribution is -0.133. The molecule has 0 spiro atoms. The third-order valence-electron chi connectivity index (χ3n) is 4.67. The van der Waals surface area contributed by atoms with Crippen molar-refractivity contribution in [1.82, 2.24) is 0 Å². The van der Waals surface area contributed by atoms with Gasteiger partial charge in [-0.15, -0.1) is 0 Å². The largest absolute Gasteiger partial charge is 0.478 e. The van der Waals surface area contributed by atoms with Crippen molar-refractivity contribution in [3.8, 4) is 5.75 Å². The van der Waals surface area contributed by atoms with Crippen LogP contribution in [0.3, 0.4) is 0 Å². The first-order valence-electron chi connectivity index (χ1n) is 8.84. The zero-order chi connectivity index (χ0) is 20.6. The number of hydrogen-bond acceptors (Lipinski definition) is 4. The van der Waals surface area contributed by atoms with Gasteiger partial charge in [-0.1, -0.05) is 18.2 Å². The molecule has 1 aliphatic heterocycles. The predicted molar refractivity (Wildman–Crippen MR) is 105 cm³/mol. The van der Waals surface area contributed by atoms with Gasteiger partial charge in [0.2, 0.25) is 5.91 Å². The summed E-state index contributed by atoms with van der Waals surface area (Å²) in [6.07, 6.45) is 0. The number of benzene rings is 2. The molecule has 1 heterocycles. The molecule has 7 heteroatoms. The number of rotatable bonds is 4. The van der Waals surface area contributed by atoms with Crippen molar-refractivity contribution in [2.24, 2.45) is 0 Å². The molecule has 0 saturated heterocycles. The number of para-hydroxylation sites is 1. The fourth-order valence-corrected chi connectivity index (χ4v) is 3.20. The van der Waals surface area contributed by atoms with Crippen molar-refractivity contribution in [2.45, 2.75) is 33.3 Å². The number of carboxylic acid groups (broad SMARTS) is 1. The van der Waals surface area contributed by atoms with Gasteiger partial charge in [0, 0.05) is 5.69 Å². The molecule has 2 aromatic carbocycles. The van der Waals surface area contributed by atoms with E-state index in [0.29, 0.717) is 11.4 Å². The van der Waals surface area contributed by atoms with E-state index < -0.39 is 11.6 Å². The van der Waals surface area contributed by atoms with E-state index >= 15 is 0 Å². The maximum Gasteiger partial charge on any atom is 0.335 e. The zero-order valence-corrected chi connectivity index (χ0v) is 16.2. The van der Waals surface area contributed by atoms with Crippen molar-refractivity contribution in [3.05, 3.63) is 53.1 Å². The van der Waals surface area contributed by atoms with Crippen LogP contribution in [0, 0.1) is 13.8 Å². The Kier molecular flexibility index (Phi) is 4.85. The van der Waals surface area contributed by atoms with E-state index in [4.69, 9.17) is 4.74 Å². The summed E-state index contributed by atoms with van der Waals surface area (Å²) < 4.78 is 5.70. The smallest absolute Gasteiger partial charge is 0.335 e. The molecular weight excluding hydrogens is 360 g/mol. The van der Waals surface area contributed by atoms with Crippen LogP contribution < -0.4 is 15.0 Å². The number of nitrogens with one attached hydrogen (secondary N) is 1. The fraction of sp³-hybridized carbons (Fsp3) is 0.286. The minimum atomic E-state index is -1.22. The minimum absolute atomic E-state index is 0.0452. The predicted octanol–water partition coefficient (Wildman–Crippen LogP) is 3.14. The third kappa shape index (κ3) is 3.55. The number of carbonyl (C=O) groups excluding carboxylic acids is 2. The van der Waals surface area contributed by atoms with Crippen LogP contribution in [0.1, 0.15) is 35.3 Å². The molecule has 0 radical (unpaired) electrons. The number of aryl methyl sites for hydroxylation is 2. The third-order valence-corrected chi connectivity index (χ3v) is 4.67. The molecule has 0 aliphatic carbocycles. The highest BCUT2D eigenvalue weighted by atomic mass is 16.5. The molecule has 7 nitrogen and oxygen atoms in total. The molecule has 0 atom stereocenters. The van der Waals surface area contributed by atoms with Crippen molar-refractivity contribution in [1.29, 1.82) is 0 Å². The van der Waals surface area contributed by atoms with Gasteiger partial charge >= 0.3 is 5.97 Å². The van der Waals surface area contributed by atoms with Crippen LogP contribution in [-0.2, 0) is 9.59 Å². The monoisotopic (exact) mass is 382 g/mol. The molecule has 3 rings (SSSR count). The van der Waals surface area contributed by atoms with Gasteiger partial charge in [0.1, 0.15) is 12.3 Å². The Labute approximate surface area is 162 Å². The maximum atomic E-state index is 12.9. The van der Waals surface area contributed by atoms with Crippen LogP contribution >= 0.6 is 0 Å². The number of carbonyl (C=O) groups is 3. The highest BCUT2D eigenvalue weighted by Crippen LogP contribution is 2.38. The summed E-state index contributed by atoms with van der Waals surface area (Å²) in [7, 11) is 0. The second kappa shape index (κ2) is 6.99. The summed E-state index contributed by atoms with van der Waals surface area (Å²) in [6.45, 7) is 6.76. The van der Waals surface area contributed by atoms with E-state index in [1.165, 1.54) is 23.1 Å². The Balaban J connectivity index is 1.91. The van der Waals surface area contributed by atoms with Gasteiger partial charge in [0.25, 0.3) is 5.91 Å². The second-order valence-electron chi connectivity index (χ2n) is 7.31. The first kappa shape index (κ1) is 19.4. The normalized spacial score (nSPS) is 14.9. The quantitative estimate of drug-likeness (QED) is 0.847. The van der Waals surface area contributed by atoms with Gasteiger partial charge in [-0.05, 0) is 57.0 Å². The second-order valence-corrected chi connectivity index (χ2v) is 7.31. The molecule has 0 aromatic heterocycles. The standard InChI is InChI=1S/C21H22N2O5/c1-12-6-5-7-13(2)18(12)22-17(24)11-23-15-9-8-14(19(25)26)10-16(15)28-21(3,4)20(23)27/h5-10H,11H2,1-4H3,(H,22,24)(H,25,26). The number of nitrogens with zero attached hydrogens (tertiary/aromatic N) is 1. The number of fused-ring (bicyclic) bond motifs is 1. The number of ether oxygens (including phenoxy) is 1. The van der Waals surface area contributed by atoms with E-state index in [9.17, 15) is 19.5 Å². The number of aromatic carboxylic acids is 1. The summed E-state index contributed by atoms with van der Waals surface area (Å²) in [5.74, 6) is -1.57. The number of hydrogen-bond donors (Lipinski definition) is 2. The Morgan fingerprint density at radius 1 is 1.14 bits per heavy atom. The highest BCUT2D eigenvalue weighted by Gasteiger charge is 2.41. The summed E-state index contributed by atoms with van der Waals surface area (Å²) >= 11 is 0. The summed E-state index contributed by atoms with van der Waals surface area (Å²) in [5, 5.41) is 12.1. The molecule has 2 aromatic rings. The van der Waals surface area contributed by atoms with E-state index in [2.05, 4.69) is 5.32 Å². The number of anilines is 2. The zero-order valence-electron chi connectivity index (χ0n) is 16.2. The average molecular weight is 382 g/mol. The van der Waals surface area contributed by atoms with Crippen LogP contribution in [0.2, 0.25) is 0 Å². The van der Waals surface area contributed by atoms with Crippen LogP contribution in [0.15, 0.2) is 36.4 Å². The molecule has 0 bridgehead atoms. The molecule has 28 heavy (non-hydrogen) atoms. The van der Waals surface area contributed by atoms with Gasteiger partial charge in [0.05, 0.1) is 11.3 Å². The van der Waals surface area contributed by atoms with Crippen LogP contribution in [0.25, 0.3) is 0 Å². The molecule has 0 unspecified atom stereocenters. The Morgan fingerprint density at radius 2 is 1.79 bits per heavy atom. The van der Waals surface area contributed by atoms with Crippen molar-refractivity contribution in [3.63, 3.8) is 0 Å². The first-order valence-corrected chi connectivity index (χ1v) is 8.84. The fourth-order valence-electron chi connectivity index (χ4n) is 3.20. The number of amides is 2. The van der Waals surface area contributed by atoms with Crippen LogP contribution in [-0.4, -0.2) is 35.0 Å². The van der Waals surface area contributed by atoms with E-state index in [1.54, 1.807) is 13.8 Å². The van der Waals surface area contributed by atoms with Gasteiger partial charge in [-0.3, -0.25) is 14.5 Å². The lowest BCUT2D eigenvalue weighted by atomic mass is 10.0. The Bertz CT molecular complexity index is 961. The SMILES string of the molecule is Cc1cccc(C)c1NC(=O)CN1C(=O)C(C)(C)Oc2cc(C(=O)O)ccc21. The van der Waals surface area contributed by atoms with Crippen molar-refractivity contribution in [2.75, 3.05) is 16.8 Å². The Morgan fingerprint density at radius 3 is 2.39 bits per heavy atom. The van der Waals surface area contributed by atoms with Gasteiger partial charge in [-0.25, -0.2) is 4.79 Å². The van der Waals surface area contributed by atoms with Crippen molar-refractivity contribution >= 4 is 29.2 Å². The summed E-state index contributed by atoms with van der Waals surface area (Å²) in [6, 6.07) is 9.93. The lowest BCUT2D eigenvalue weighted by Gasteiger charge is -2.38. The minimum Gasteiger partial charge on any atom is -0.478 e. The van der Waals surface area contributed by atoms with Crippen LogP contribution in [0.5, 0.6) is 5.75 Å². The van der Waals surface area contributed by atoms with Gasteiger partial charge in [-0.2, -0.15) is 0 Å². The van der Waals surface area contributed by atoms with Gasteiger partial charge in [0.15, 0.2) is 5.60 Å². The van der Waals surface area contributed by atoms with Crippen LogP contribution in [0.4, 0.5) is 11.4 Å². The van der Waals surface area contributed by atoms with E-state index in [0.717, 1.165) is 11.1 Å². The maximum absolute atomic E-state index is 12.9. The topological polar surface area (TPSA) is 95.9 Å². The molecular formula is C21H22N2O5.